The van der Waals surface area contributed by atoms with Gasteiger partial charge in [0.25, 0.3) is 0 Å². The summed E-state index contributed by atoms with van der Waals surface area (Å²) in [7, 11) is 6.25. The average Bonchev–Trinajstić information content (AvgIpc) is 3.76. The largest absolute Gasteiger partial charge is 0.542 e. The summed E-state index contributed by atoms with van der Waals surface area (Å²) in [5.74, 6) is 0.00720. The number of ether oxygens (including phenoxy) is 4. The fraction of sp³-hybridized carbons (Fsp3) is 0.629. The van der Waals surface area contributed by atoms with Crippen molar-refractivity contribution in [2.24, 2.45) is 17.3 Å². The quantitative estimate of drug-likeness (QED) is 0.321. The molecule has 47 heavy (non-hydrogen) atoms. The number of piperidine rings is 1. The van der Waals surface area contributed by atoms with E-state index in [0.717, 1.165) is 48.7 Å². The number of likely N-dealkylation sites (N-methyl/N-ethyl adjacent to an activating group) is 1. The number of carboxylic acids is 1. The van der Waals surface area contributed by atoms with E-state index >= 15 is 0 Å². The van der Waals surface area contributed by atoms with Crippen LogP contribution in [0.1, 0.15) is 55.2 Å². The molecule has 7 nitrogen and oxygen atoms in total. The molecule has 4 saturated carbocycles. The van der Waals surface area contributed by atoms with Gasteiger partial charge in [-0.15, -0.1) is 0 Å². The molecule has 2 aliphatic heterocycles. The first-order chi connectivity index (χ1) is 22.2. The summed E-state index contributed by atoms with van der Waals surface area (Å²) in [4.78, 5) is 8.78. The highest BCUT2D eigenvalue weighted by Gasteiger charge is 2.83. The van der Waals surface area contributed by atoms with Gasteiger partial charge in [0, 0.05) is 42.8 Å². The lowest BCUT2D eigenvalue weighted by Gasteiger charge is -2.74. The number of quaternary nitrogens is 1. The van der Waals surface area contributed by atoms with Gasteiger partial charge in [0.1, 0.15) is 17.7 Å². The Morgan fingerprint density at radius 2 is 1.85 bits per heavy atom. The number of benzene rings is 2. The summed E-state index contributed by atoms with van der Waals surface area (Å²) in [5.41, 5.74) is 3.74. The van der Waals surface area contributed by atoms with Crippen LogP contribution in [0.3, 0.4) is 0 Å². The van der Waals surface area contributed by atoms with Gasteiger partial charge in [-0.25, -0.2) is 0 Å². The Kier molecular flexibility index (Phi) is 8.07. The van der Waals surface area contributed by atoms with Crippen LogP contribution in [-0.2, 0) is 32.7 Å². The average molecular weight is 699 g/mol. The van der Waals surface area contributed by atoms with Crippen LogP contribution in [0.5, 0.6) is 11.5 Å². The number of aliphatic carboxylic acids is 1. The number of hydrogen-bond donors (Lipinski definition) is 0. The van der Waals surface area contributed by atoms with Gasteiger partial charge in [-0.2, -0.15) is 13.2 Å². The van der Waals surface area contributed by atoms with Crippen LogP contribution in [0, 0.1) is 17.3 Å². The Morgan fingerprint density at radius 3 is 2.49 bits per heavy atom. The predicted molar refractivity (Wildman–Crippen MR) is 167 cm³/mol. The van der Waals surface area contributed by atoms with Gasteiger partial charge in [-0.3, -0.25) is 0 Å². The molecule has 2 aromatic carbocycles. The van der Waals surface area contributed by atoms with E-state index in [0.29, 0.717) is 29.3 Å². The minimum Gasteiger partial charge on any atom is -0.542 e. The van der Waals surface area contributed by atoms with E-state index in [1.807, 2.05) is 25.3 Å². The molecular weight excluding hydrogens is 658 g/mol. The van der Waals surface area contributed by atoms with Crippen LogP contribution >= 0.6 is 23.2 Å². The third kappa shape index (κ3) is 4.90. The molecule has 2 aromatic rings. The number of methoxy groups -OCH3 is 2. The van der Waals surface area contributed by atoms with E-state index in [2.05, 4.69) is 19.2 Å². The highest BCUT2D eigenvalue weighted by Crippen LogP contribution is 2.77. The normalized spacial score (nSPS) is 35.8. The third-order valence-corrected chi connectivity index (χ3v) is 13.3. The molecule has 0 amide bonds. The summed E-state index contributed by atoms with van der Waals surface area (Å²) >= 11 is 12.4. The lowest BCUT2D eigenvalue weighted by atomic mass is 9.34. The maximum Gasteiger partial charge on any atom is 0.430 e. The van der Waals surface area contributed by atoms with Crippen molar-refractivity contribution >= 4 is 29.2 Å². The van der Waals surface area contributed by atoms with Gasteiger partial charge in [0.2, 0.25) is 0 Å². The van der Waals surface area contributed by atoms with Crippen molar-refractivity contribution in [2.75, 3.05) is 41.0 Å². The highest BCUT2D eigenvalue weighted by molar-refractivity contribution is 6.42. The first-order valence-corrected chi connectivity index (χ1v) is 17.1. The first kappa shape index (κ1) is 33.3. The van der Waals surface area contributed by atoms with E-state index in [1.165, 1.54) is 48.0 Å². The van der Waals surface area contributed by atoms with Crippen LogP contribution in [-0.4, -0.2) is 75.3 Å². The highest BCUT2D eigenvalue weighted by atomic mass is 35.5. The molecule has 7 atom stereocenters. The Balaban J connectivity index is 0.000000455. The van der Waals surface area contributed by atoms with Gasteiger partial charge in [0.15, 0.2) is 11.5 Å². The Labute approximate surface area is 282 Å². The zero-order valence-corrected chi connectivity index (χ0v) is 28.3. The molecule has 256 valence electrons. The number of halogens is 5. The monoisotopic (exact) mass is 697 g/mol. The minimum absolute atomic E-state index is 0.0198. The molecule has 2 heterocycles. The minimum atomic E-state index is -5.19. The van der Waals surface area contributed by atoms with Gasteiger partial charge >= 0.3 is 6.18 Å². The van der Waals surface area contributed by atoms with Crippen molar-refractivity contribution in [3.63, 3.8) is 0 Å². The maximum absolute atomic E-state index is 10.5. The van der Waals surface area contributed by atoms with Gasteiger partial charge in [0.05, 0.1) is 62.0 Å². The van der Waals surface area contributed by atoms with E-state index in [9.17, 15) is 13.2 Å². The molecule has 5 aliphatic carbocycles. The second-order valence-corrected chi connectivity index (χ2v) is 15.5. The van der Waals surface area contributed by atoms with Gasteiger partial charge < -0.3 is 33.3 Å². The number of fused-ring (bicyclic) bond motifs is 2. The number of alkyl halides is 3. The molecule has 2 spiro atoms. The molecule has 9 rings (SSSR count). The standard InChI is InChI=1S/C33H40Cl2NO4.C2HF3O2/c1-36(17-20-4-5-20)13-12-32-28-22-7-9-26(37-2)29(28)40-30(32)33(38-3)11-10-31(32,27(36)15-22)16-23(33)19-39-18-21-6-8-24(34)25(35)14-21;3-2(4,5)1(6)7/h6-9,14,20,23,27,30H,4-5,10-13,15-19H2,1-3H3;(H,6,7)/q+1;/p-1/t23-,27?,30-,31-,32+,33-,36?;/m1./s1. The molecule has 0 radical (unpaired) electrons. The van der Waals surface area contributed by atoms with E-state index in [4.69, 9.17) is 52.1 Å². The molecule has 7 aliphatic rings. The number of rotatable bonds is 8. The number of nitrogens with zero attached hydrogens (tertiary/aromatic N) is 1. The smallest absolute Gasteiger partial charge is 0.430 e. The zero-order valence-electron chi connectivity index (χ0n) is 26.8. The van der Waals surface area contributed by atoms with Crippen LogP contribution in [0.15, 0.2) is 30.3 Å². The molecule has 5 fully saturated rings. The molecule has 12 heteroatoms. The van der Waals surface area contributed by atoms with E-state index in [1.54, 1.807) is 7.11 Å². The molecular formula is C35H40Cl2F3NO6. The lowest BCUT2D eigenvalue weighted by Crippen LogP contribution is -2.83. The maximum atomic E-state index is 10.5. The first-order valence-electron chi connectivity index (χ1n) is 16.3. The SMILES string of the molecule is COc1ccc2c3c1O[C@H]1[C@@]4(OC)CC[C@@]5(C[C@@H]4COCc4ccc(Cl)c(Cl)c4)C(C2)[N+](C)(CC2CC2)CC[C@]315.O=C([O-])C(F)(F)F. The summed E-state index contributed by atoms with van der Waals surface area (Å²) < 4.78 is 59.0. The fourth-order valence-corrected chi connectivity index (χ4v) is 10.9. The van der Waals surface area contributed by atoms with Crippen molar-refractivity contribution in [3.05, 3.63) is 57.1 Å². The molecule has 0 aromatic heterocycles. The molecule has 1 saturated heterocycles. The number of hydrogen-bond acceptors (Lipinski definition) is 6. The summed E-state index contributed by atoms with van der Waals surface area (Å²) in [5, 5.41) is 9.92. The second kappa shape index (κ2) is 11.4. The van der Waals surface area contributed by atoms with Crippen LogP contribution in [0.25, 0.3) is 0 Å². The Hall–Kier alpha value is -2.24. The van der Waals surface area contributed by atoms with Crippen LogP contribution < -0.4 is 14.6 Å². The summed E-state index contributed by atoms with van der Waals surface area (Å²) in [6, 6.07) is 10.8. The number of carboxylic acid groups (broad SMARTS) is 1. The van der Waals surface area contributed by atoms with Crippen LogP contribution in [0.2, 0.25) is 10.0 Å². The Morgan fingerprint density at radius 1 is 1.11 bits per heavy atom. The summed E-state index contributed by atoms with van der Waals surface area (Å²) in [6.45, 7) is 3.69. The molecule has 0 N–H and O–H groups in total. The second-order valence-electron chi connectivity index (χ2n) is 14.7. The van der Waals surface area contributed by atoms with E-state index in [-0.39, 0.29) is 28.5 Å². The number of likely N-dealkylation sites (tertiary alicyclic amines) is 1. The van der Waals surface area contributed by atoms with Crippen molar-refractivity contribution in [1.82, 2.24) is 0 Å². The molecule has 4 bridgehead atoms. The van der Waals surface area contributed by atoms with Crippen LogP contribution in [0.4, 0.5) is 13.2 Å². The lowest BCUT2D eigenvalue weighted by molar-refractivity contribution is -0.952. The van der Waals surface area contributed by atoms with Crippen molar-refractivity contribution in [1.29, 1.82) is 0 Å². The van der Waals surface area contributed by atoms with Crippen molar-refractivity contribution in [3.8, 4) is 11.5 Å². The zero-order chi connectivity index (χ0) is 33.6. The third-order valence-electron chi connectivity index (χ3n) is 12.5. The predicted octanol–water partition coefficient (Wildman–Crippen LogP) is 5.89. The topological polar surface area (TPSA) is 77.0 Å². The van der Waals surface area contributed by atoms with Crippen molar-refractivity contribution in [2.45, 2.75) is 80.9 Å². The fourth-order valence-electron chi connectivity index (χ4n) is 10.6. The van der Waals surface area contributed by atoms with Gasteiger partial charge in [-0.05, 0) is 61.4 Å². The molecule has 2 unspecified atom stereocenters. The number of carbonyl (C=O) groups is 1. The summed E-state index contributed by atoms with van der Waals surface area (Å²) in [6.07, 6.45) is 3.22. The number of carbonyl (C=O) groups excluding carboxylic acids is 1. The van der Waals surface area contributed by atoms with Crippen molar-refractivity contribution < 1.29 is 46.5 Å². The van der Waals surface area contributed by atoms with Gasteiger partial charge in [-0.1, -0.05) is 35.3 Å². The Bertz CT molecular complexity index is 1590. The van der Waals surface area contributed by atoms with E-state index < -0.39 is 12.1 Å².